The SMILES string of the molecule is CCNC(=NCc1cccc(C(F)(F)F)c1)NCCCNS(C)(=O)=O. The lowest BCUT2D eigenvalue weighted by atomic mass is 10.1. The molecule has 0 aromatic heterocycles. The summed E-state index contributed by atoms with van der Waals surface area (Å²) in [6.45, 7) is 3.32. The second-order valence-electron chi connectivity index (χ2n) is 5.34. The van der Waals surface area contributed by atoms with Gasteiger partial charge in [-0.3, -0.25) is 0 Å². The van der Waals surface area contributed by atoms with Crippen molar-refractivity contribution in [1.29, 1.82) is 0 Å². The molecule has 0 heterocycles. The molecular weight excluding hydrogens is 357 g/mol. The number of sulfonamides is 1. The Labute approximate surface area is 146 Å². The number of halogens is 3. The number of benzene rings is 1. The van der Waals surface area contributed by atoms with Crippen LogP contribution in [0.4, 0.5) is 13.2 Å². The summed E-state index contributed by atoms with van der Waals surface area (Å²) in [6.07, 6.45) is -2.75. The van der Waals surface area contributed by atoms with Crippen LogP contribution in [-0.2, 0) is 22.7 Å². The molecule has 1 rings (SSSR count). The highest BCUT2D eigenvalue weighted by atomic mass is 32.2. The first kappa shape index (κ1) is 21.2. The molecule has 0 unspecified atom stereocenters. The van der Waals surface area contributed by atoms with E-state index in [1.807, 2.05) is 6.92 Å². The molecule has 0 aliphatic carbocycles. The monoisotopic (exact) mass is 380 g/mol. The summed E-state index contributed by atoms with van der Waals surface area (Å²) in [7, 11) is -3.21. The Hall–Kier alpha value is -1.81. The fourth-order valence-corrected chi connectivity index (χ4v) is 2.43. The van der Waals surface area contributed by atoms with Crippen molar-refractivity contribution >= 4 is 16.0 Å². The summed E-state index contributed by atoms with van der Waals surface area (Å²) < 4.78 is 62.4. The number of nitrogens with one attached hydrogen (secondary N) is 3. The van der Waals surface area contributed by atoms with Gasteiger partial charge >= 0.3 is 6.18 Å². The smallest absolute Gasteiger partial charge is 0.357 e. The van der Waals surface area contributed by atoms with Crippen molar-refractivity contribution in [2.45, 2.75) is 26.1 Å². The molecule has 6 nitrogen and oxygen atoms in total. The highest BCUT2D eigenvalue weighted by Crippen LogP contribution is 2.29. The molecule has 25 heavy (non-hydrogen) atoms. The second-order valence-corrected chi connectivity index (χ2v) is 7.17. The number of alkyl halides is 3. The molecule has 0 aliphatic heterocycles. The Morgan fingerprint density at radius 1 is 1.20 bits per heavy atom. The molecule has 10 heteroatoms. The van der Waals surface area contributed by atoms with Gasteiger partial charge in [-0.2, -0.15) is 13.2 Å². The Kier molecular flexibility index (Phi) is 8.17. The lowest BCUT2D eigenvalue weighted by Crippen LogP contribution is -2.38. The average Bonchev–Trinajstić information content (AvgIpc) is 2.50. The third-order valence-corrected chi connectivity index (χ3v) is 3.76. The first-order chi connectivity index (χ1) is 11.6. The number of hydrogen-bond donors (Lipinski definition) is 3. The Morgan fingerprint density at radius 2 is 1.92 bits per heavy atom. The minimum atomic E-state index is -4.38. The van der Waals surface area contributed by atoms with Crippen LogP contribution in [0.2, 0.25) is 0 Å². The van der Waals surface area contributed by atoms with Gasteiger partial charge in [-0.25, -0.2) is 18.1 Å². The van der Waals surface area contributed by atoms with E-state index in [0.29, 0.717) is 37.6 Å². The van der Waals surface area contributed by atoms with Crippen molar-refractivity contribution in [2.24, 2.45) is 4.99 Å². The largest absolute Gasteiger partial charge is 0.416 e. The number of rotatable bonds is 8. The first-order valence-electron chi connectivity index (χ1n) is 7.75. The number of guanidine groups is 1. The van der Waals surface area contributed by atoms with Gasteiger partial charge in [-0.05, 0) is 31.0 Å². The van der Waals surface area contributed by atoms with E-state index in [1.54, 1.807) is 6.07 Å². The van der Waals surface area contributed by atoms with Gasteiger partial charge in [0.25, 0.3) is 0 Å². The number of aliphatic imine (C=N–C) groups is 1. The molecule has 0 fully saturated rings. The fourth-order valence-electron chi connectivity index (χ4n) is 1.91. The maximum absolute atomic E-state index is 12.7. The highest BCUT2D eigenvalue weighted by Gasteiger charge is 2.30. The van der Waals surface area contributed by atoms with Crippen LogP contribution < -0.4 is 15.4 Å². The average molecular weight is 380 g/mol. The van der Waals surface area contributed by atoms with Crippen LogP contribution in [0.5, 0.6) is 0 Å². The van der Waals surface area contributed by atoms with Crippen LogP contribution in [0, 0.1) is 0 Å². The van der Waals surface area contributed by atoms with Gasteiger partial charge in [0.2, 0.25) is 10.0 Å². The van der Waals surface area contributed by atoms with Crippen molar-refractivity contribution in [3.63, 3.8) is 0 Å². The molecule has 3 N–H and O–H groups in total. The molecule has 0 saturated carbocycles. The minimum absolute atomic E-state index is 0.0981. The predicted molar refractivity (Wildman–Crippen MR) is 91.7 cm³/mol. The standard InChI is InChI=1S/C15H23F3N4O2S/c1-3-19-14(20-8-5-9-22-25(2,23)24)21-11-12-6-4-7-13(10-12)15(16,17)18/h4,6-7,10,22H,3,5,8-9,11H2,1-2H3,(H2,19,20,21). The van der Waals surface area contributed by atoms with Crippen LogP contribution in [0.3, 0.4) is 0 Å². The molecule has 0 amide bonds. The molecule has 142 valence electrons. The lowest BCUT2D eigenvalue weighted by molar-refractivity contribution is -0.137. The second kappa shape index (κ2) is 9.62. The molecule has 0 saturated heterocycles. The quantitative estimate of drug-likeness (QED) is 0.364. The van der Waals surface area contributed by atoms with Crippen molar-refractivity contribution in [3.8, 4) is 0 Å². The summed E-state index contributed by atoms with van der Waals surface area (Å²) in [5.74, 6) is 0.458. The third kappa shape index (κ3) is 9.30. The predicted octanol–water partition coefficient (Wildman–Crippen LogP) is 1.70. The lowest BCUT2D eigenvalue weighted by Gasteiger charge is -2.12. The maximum Gasteiger partial charge on any atom is 0.416 e. The Balaban J connectivity index is 2.58. The van der Waals surface area contributed by atoms with Gasteiger partial charge in [0.1, 0.15) is 0 Å². The van der Waals surface area contributed by atoms with E-state index in [1.165, 1.54) is 6.07 Å². The number of nitrogens with zero attached hydrogens (tertiary/aromatic N) is 1. The van der Waals surface area contributed by atoms with Crippen LogP contribution in [0.15, 0.2) is 29.3 Å². The molecule has 1 aromatic rings. The summed E-state index contributed by atoms with van der Waals surface area (Å²) in [5, 5.41) is 5.99. The summed E-state index contributed by atoms with van der Waals surface area (Å²) >= 11 is 0. The highest BCUT2D eigenvalue weighted by molar-refractivity contribution is 7.88. The van der Waals surface area contributed by atoms with E-state index in [4.69, 9.17) is 0 Å². The Bertz CT molecular complexity index is 676. The molecule has 0 atom stereocenters. The van der Waals surface area contributed by atoms with Crippen molar-refractivity contribution < 1.29 is 21.6 Å². The van der Waals surface area contributed by atoms with Crippen molar-refractivity contribution in [1.82, 2.24) is 15.4 Å². The summed E-state index contributed by atoms with van der Waals surface area (Å²) in [6, 6.07) is 5.03. The van der Waals surface area contributed by atoms with Gasteiger partial charge in [0.15, 0.2) is 5.96 Å². The molecular formula is C15H23F3N4O2S. The van der Waals surface area contributed by atoms with Crippen LogP contribution in [0.25, 0.3) is 0 Å². The van der Waals surface area contributed by atoms with Gasteiger partial charge in [0, 0.05) is 19.6 Å². The van der Waals surface area contributed by atoms with Gasteiger partial charge in [0.05, 0.1) is 18.4 Å². The minimum Gasteiger partial charge on any atom is -0.357 e. The molecule has 1 aromatic carbocycles. The van der Waals surface area contributed by atoms with Crippen LogP contribution in [-0.4, -0.2) is 40.3 Å². The molecule has 0 aliphatic rings. The molecule has 0 spiro atoms. The maximum atomic E-state index is 12.7. The molecule has 0 radical (unpaired) electrons. The summed E-state index contributed by atoms with van der Waals surface area (Å²) in [5.41, 5.74) is -0.254. The van der Waals surface area contributed by atoms with E-state index in [9.17, 15) is 21.6 Å². The van der Waals surface area contributed by atoms with E-state index in [0.717, 1.165) is 18.4 Å². The van der Waals surface area contributed by atoms with Crippen molar-refractivity contribution in [3.05, 3.63) is 35.4 Å². The van der Waals surface area contributed by atoms with E-state index < -0.39 is 21.8 Å². The topological polar surface area (TPSA) is 82.6 Å². The fraction of sp³-hybridized carbons (Fsp3) is 0.533. The first-order valence-corrected chi connectivity index (χ1v) is 9.64. The zero-order valence-corrected chi connectivity index (χ0v) is 15.0. The zero-order valence-electron chi connectivity index (χ0n) is 14.2. The third-order valence-electron chi connectivity index (χ3n) is 3.03. The van der Waals surface area contributed by atoms with E-state index in [2.05, 4.69) is 20.3 Å². The van der Waals surface area contributed by atoms with Gasteiger partial charge in [-0.1, -0.05) is 12.1 Å². The van der Waals surface area contributed by atoms with E-state index >= 15 is 0 Å². The van der Waals surface area contributed by atoms with Crippen LogP contribution >= 0.6 is 0 Å². The zero-order chi connectivity index (χ0) is 18.9. The van der Waals surface area contributed by atoms with Crippen LogP contribution in [0.1, 0.15) is 24.5 Å². The van der Waals surface area contributed by atoms with E-state index in [-0.39, 0.29) is 6.54 Å². The van der Waals surface area contributed by atoms with Gasteiger partial charge < -0.3 is 10.6 Å². The normalized spacial score (nSPS) is 12.9. The number of hydrogen-bond acceptors (Lipinski definition) is 3. The molecule has 0 bridgehead atoms. The van der Waals surface area contributed by atoms with Gasteiger partial charge in [-0.15, -0.1) is 0 Å². The van der Waals surface area contributed by atoms with Crippen molar-refractivity contribution in [2.75, 3.05) is 25.9 Å². The Morgan fingerprint density at radius 3 is 2.52 bits per heavy atom. The summed E-state index contributed by atoms with van der Waals surface area (Å²) in [4.78, 5) is 4.24.